The number of amides is 2. The first kappa shape index (κ1) is 24.9. The van der Waals surface area contributed by atoms with E-state index < -0.39 is 12.0 Å². The molecule has 0 spiro atoms. The fraction of sp³-hybridized carbons (Fsp3) is 0.320. The van der Waals surface area contributed by atoms with Crippen molar-refractivity contribution >= 4 is 29.3 Å². The molecule has 1 aliphatic rings. The Labute approximate surface area is 208 Å². The first-order valence-electron chi connectivity index (χ1n) is 11.7. The Morgan fingerprint density at radius 1 is 1.00 bits per heavy atom. The lowest BCUT2D eigenvalue weighted by Gasteiger charge is -2.29. The van der Waals surface area contributed by atoms with E-state index in [1.165, 1.54) is 0 Å². The molecule has 11 nitrogen and oxygen atoms in total. The molecule has 0 unspecified atom stereocenters. The van der Waals surface area contributed by atoms with Crippen LogP contribution in [0.2, 0.25) is 0 Å². The van der Waals surface area contributed by atoms with E-state index in [0.29, 0.717) is 67.4 Å². The van der Waals surface area contributed by atoms with Gasteiger partial charge in [-0.1, -0.05) is 6.07 Å². The van der Waals surface area contributed by atoms with Gasteiger partial charge in [-0.25, -0.2) is 24.5 Å². The van der Waals surface area contributed by atoms with Gasteiger partial charge in [-0.3, -0.25) is 5.32 Å². The molecule has 0 bridgehead atoms. The summed E-state index contributed by atoms with van der Waals surface area (Å²) in [5.74, 6) is 1.02. The lowest BCUT2D eigenvalue weighted by molar-refractivity contribution is 0.0514. The third-order valence-electron chi connectivity index (χ3n) is 5.22. The molecular weight excluding hydrogens is 464 g/mol. The minimum absolute atomic E-state index is 0.0714. The number of anilines is 3. The fourth-order valence-electron chi connectivity index (χ4n) is 3.59. The number of esters is 1. The predicted octanol–water partition coefficient (Wildman–Crippen LogP) is 3.59. The van der Waals surface area contributed by atoms with Crippen LogP contribution in [0.3, 0.4) is 0 Å². The molecule has 2 amide bonds. The van der Waals surface area contributed by atoms with Crippen LogP contribution < -0.4 is 20.3 Å². The molecule has 2 N–H and O–H groups in total. The molecule has 2 aromatic heterocycles. The smallest absolute Gasteiger partial charge is 0.361 e. The number of ether oxygens (including phenoxy) is 3. The summed E-state index contributed by atoms with van der Waals surface area (Å²) in [5.41, 5.74) is 1.30. The average molecular weight is 493 g/mol. The maximum Gasteiger partial charge on any atom is 0.361 e. The van der Waals surface area contributed by atoms with Gasteiger partial charge in [0.05, 0.1) is 26.4 Å². The molecular formula is C25H28N6O5. The molecule has 0 radical (unpaired) electrons. The molecule has 0 aliphatic carbocycles. The second kappa shape index (κ2) is 11.9. The van der Waals surface area contributed by atoms with Crippen molar-refractivity contribution in [3.05, 3.63) is 54.4 Å². The van der Waals surface area contributed by atoms with Crippen LogP contribution in [0, 0.1) is 0 Å². The molecule has 3 heterocycles. The lowest BCUT2D eigenvalue weighted by atomic mass is 10.2. The maximum absolute atomic E-state index is 12.8. The van der Waals surface area contributed by atoms with Gasteiger partial charge in [-0.2, -0.15) is 0 Å². The van der Waals surface area contributed by atoms with Gasteiger partial charge in [0.2, 0.25) is 0 Å². The molecule has 0 atom stereocenters. The number of hydrogen-bond acceptors (Lipinski definition) is 9. The molecule has 4 rings (SSSR count). The largest absolute Gasteiger partial charge is 0.488 e. The van der Waals surface area contributed by atoms with Crippen molar-refractivity contribution in [1.82, 2.24) is 15.0 Å². The Balaban J connectivity index is 1.62. The highest BCUT2D eigenvalue weighted by atomic mass is 16.5. The molecule has 1 aromatic carbocycles. The van der Waals surface area contributed by atoms with Gasteiger partial charge in [0, 0.05) is 30.5 Å². The Morgan fingerprint density at radius 3 is 2.44 bits per heavy atom. The highest BCUT2D eigenvalue weighted by Gasteiger charge is 2.27. The first-order valence-corrected chi connectivity index (χ1v) is 11.7. The zero-order chi connectivity index (χ0) is 25.3. The molecule has 1 saturated heterocycles. The van der Waals surface area contributed by atoms with E-state index in [4.69, 9.17) is 19.2 Å². The van der Waals surface area contributed by atoms with Crippen molar-refractivity contribution in [3.8, 4) is 17.1 Å². The van der Waals surface area contributed by atoms with Crippen LogP contribution in [0.1, 0.15) is 24.3 Å². The third kappa shape index (κ3) is 6.05. The minimum atomic E-state index is -0.580. The standard InChI is InChI=1S/C25H28N6O5/c1-3-35-21-20(24(32)36-4-2)29-22(30-23(21)31-13-15-34-16-14-31)17-8-10-18(11-9-17)27-25(33)28-19-7-5-6-12-26-19/h5-12H,3-4,13-16H2,1-2H3,(H2,26,27,28,33). The van der Waals surface area contributed by atoms with Crippen LogP contribution in [-0.4, -0.2) is 66.5 Å². The van der Waals surface area contributed by atoms with Crippen molar-refractivity contribution < 1.29 is 23.8 Å². The predicted molar refractivity (Wildman–Crippen MR) is 135 cm³/mol. The van der Waals surface area contributed by atoms with Gasteiger partial charge >= 0.3 is 12.0 Å². The molecule has 1 aliphatic heterocycles. The van der Waals surface area contributed by atoms with Gasteiger partial charge in [0.1, 0.15) is 5.82 Å². The second-order valence-electron chi connectivity index (χ2n) is 7.67. The van der Waals surface area contributed by atoms with E-state index in [2.05, 4.69) is 20.6 Å². The van der Waals surface area contributed by atoms with Crippen molar-refractivity contribution in [2.24, 2.45) is 0 Å². The minimum Gasteiger partial charge on any atom is -0.488 e. The van der Waals surface area contributed by atoms with Gasteiger partial charge < -0.3 is 24.4 Å². The summed E-state index contributed by atoms with van der Waals surface area (Å²) in [6, 6.07) is 11.8. The fourth-order valence-corrected chi connectivity index (χ4v) is 3.59. The van der Waals surface area contributed by atoms with E-state index in [0.717, 1.165) is 0 Å². The Kier molecular flexibility index (Phi) is 8.24. The second-order valence-corrected chi connectivity index (χ2v) is 7.67. The summed E-state index contributed by atoms with van der Waals surface area (Å²) in [5, 5.41) is 5.42. The summed E-state index contributed by atoms with van der Waals surface area (Å²) in [6.07, 6.45) is 1.59. The van der Waals surface area contributed by atoms with Gasteiger partial charge in [0.15, 0.2) is 23.1 Å². The lowest BCUT2D eigenvalue weighted by Crippen LogP contribution is -2.37. The number of urea groups is 1. The number of morpholine rings is 1. The number of rotatable bonds is 8. The highest BCUT2D eigenvalue weighted by Crippen LogP contribution is 2.33. The summed E-state index contributed by atoms with van der Waals surface area (Å²) < 4.78 is 16.5. The van der Waals surface area contributed by atoms with E-state index in [1.807, 2.05) is 11.8 Å². The van der Waals surface area contributed by atoms with Crippen molar-refractivity contribution in [2.75, 3.05) is 55.1 Å². The van der Waals surface area contributed by atoms with Crippen molar-refractivity contribution in [1.29, 1.82) is 0 Å². The molecule has 1 fully saturated rings. The Morgan fingerprint density at radius 2 is 1.78 bits per heavy atom. The number of carbonyl (C=O) groups is 2. The number of nitrogens with one attached hydrogen (secondary N) is 2. The number of pyridine rings is 1. The van der Waals surface area contributed by atoms with E-state index in [-0.39, 0.29) is 12.3 Å². The van der Waals surface area contributed by atoms with E-state index in [9.17, 15) is 9.59 Å². The maximum atomic E-state index is 12.8. The van der Waals surface area contributed by atoms with Crippen molar-refractivity contribution in [2.45, 2.75) is 13.8 Å². The molecule has 3 aromatic rings. The van der Waals surface area contributed by atoms with Crippen molar-refractivity contribution in [3.63, 3.8) is 0 Å². The zero-order valence-electron chi connectivity index (χ0n) is 20.2. The summed E-state index contributed by atoms with van der Waals surface area (Å²) >= 11 is 0. The highest BCUT2D eigenvalue weighted by molar-refractivity contribution is 5.99. The summed E-state index contributed by atoms with van der Waals surface area (Å²) in [4.78, 5) is 40.4. The van der Waals surface area contributed by atoms with Crippen LogP contribution in [0.5, 0.6) is 5.75 Å². The third-order valence-corrected chi connectivity index (χ3v) is 5.22. The SMILES string of the molecule is CCOC(=O)c1nc(-c2ccc(NC(=O)Nc3ccccn3)cc2)nc(N2CCOCC2)c1OCC. The van der Waals surface area contributed by atoms with Gasteiger partial charge in [-0.05, 0) is 50.2 Å². The van der Waals surface area contributed by atoms with E-state index >= 15 is 0 Å². The quantitative estimate of drug-likeness (QED) is 0.453. The molecule has 0 saturated carbocycles. The topological polar surface area (TPSA) is 128 Å². The van der Waals surface area contributed by atoms with Crippen LogP contribution in [0.4, 0.5) is 22.1 Å². The number of carbonyl (C=O) groups excluding carboxylic acids is 2. The van der Waals surface area contributed by atoms with Crippen LogP contribution >= 0.6 is 0 Å². The summed E-state index contributed by atoms with van der Waals surface area (Å²) in [6.45, 7) is 6.41. The molecule has 36 heavy (non-hydrogen) atoms. The zero-order valence-corrected chi connectivity index (χ0v) is 20.2. The monoisotopic (exact) mass is 492 g/mol. The van der Waals surface area contributed by atoms with E-state index in [1.54, 1.807) is 55.6 Å². The van der Waals surface area contributed by atoms with Gasteiger partial charge in [-0.15, -0.1) is 0 Å². The Hall–Kier alpha value is -4.25. The Bertz CT molecular complexity index is 1180. The normalized spacial score (nSPS) is 13.1. The first-order chi connectivity index (χ1) is 17.6. The average Bonchev–Trinajstić information content (AvgIpc) is 2.90. The van der Waals surface area contributed by atoms with Gasteiger partial charge in [0.25, 0.3) is 0 Å². The number of hydrogen-bond donors (Lipinski definition) is 2. The van der Waals surface area contributed by atoms with Crippen LogP contribution in [-0.2, 0) is 9.47 Å². The van der Waals surface area contributed by atoms with Crippen LogP contribution in [0.25, 0.3) is 11.4 Å². The number of nitrogens with zero attached hydrogens (tertiary/aromatic N) is 4. The number of aromatic nitrogens is 3. The molecule has 11 heteroatoms. The summed E-state index contributed by atoms with van der Waals surface area (Å²) in [7, 11) is 0. The molecule has 188 valence electrons. The van der Waals surface area contributed by atoms with Crippen LogP contribution in [0.15, 0.2) is 48.7 Å². The number of benzene rings is 1.